The Morgan fingerprint density at radius 1 is 1.03 bits per heavy atom. The normalized spacial score (nSPS) is 15.7. The predicted octanol–water partition coefficient (Wildman–Crippen LogP) is 3.20. The minimum atomic E-state index is -3.57. The number of carbonyl (C=O) groups excluding carboxylic acids is 1. The number of amides is 1. The van der Waals surface area contributed by atoms with Gasteiger partial charge < -0.3 is 4.90 Å². The van der Waals surface area contributed by atoms with Gasteiger partial charge in [0.25, 0.3) is 0 Å². The van der Waals surface area contributed by atoms with E-state index in [9.17, 15) is 22.0 Å². The molecule has 9 heteroatoms. The lowest BCUT2D eigenvalue weighted by Gasteiger charge is -2.33. The van der Waals surface area contributed by atoms with Crippen LogP contribution >= 0.6 is 11.8 Å². The summed E-state index contributed by atoms with van der Waals surface area (Å²) in [5.74, 6) is -1.58. The van der Waals surface area contributed by atoms with E-state index in [2.05, 4.69) is 0 Å². The van der Waals surface area contributed by atoms with Gasteiger partial charge in [-0.25, -0.2) is 17.2 Å². The van der Waals surface area contributed by atoms with E-state index in [1.54, 1.807) is 11.0 Å². The highest BCUT2D eigenvalue weighted by atomic mass is 32.2. The number of halogens is 2. The molecule has 0 spiro atoms. The molecule has 1 saturated heterocycles. The summed E-state index contributed by atoms with van der Waals surface area (Å²) in [4.78, 5) is 14.1. The molecule has 0 aromatic heterocycles. The van der Waals surface area contributed by atoms with Crippen molar-refractivity contribution in [2.75, 3.05) is 31.9 Å². The monoisotopic (exact) mass is 438 g/mol. The predicted molar refractivity (Wildman–Crippen MR) is 110 cm³/mol. The van der Waals surface area contributed by atoms with Gasteiger partial charge in [0.15, 0.2) is 0 Å². The van der Waals surface area contributed by atoms with Crippen LogP contribution in [0, 0.1) is 11.6 Å². The van der Waals surface area contributed by atoms with Crippen LogP contribution in [0.1, 0.15) is 5.56 Å². The summed E-state index contributed by atoms with van der Waals surface area (Å²) in [7, 11) is -3.57. The minimum Gasteiger partial charge on any atom is -0.339 e. The molecule has 0 N–H and O–H groups in total. The lowest BCUT2D eigenvalue weighted by atomic mass is 10.2. The number of nitrogens with zero attached hydrogens (tertiary/aromatic N) is 2. The summed E-state index contributed by atoms with van der Waals surface area (Å²) in [6.45, 7) is 0.930. The van der Waals surface area contributed by atoms with E-state index < -0.39 is 21.7 Å². The number of benzene rings is 2. The van der Waals surface area contributed by atoms with Gasteiger partial charge in [0, 0.05) is 42.5 Å². The second-order valence-electron chi connectivity index (χ2n) is 6.40. The minimum absolute atomic E-state index is 0.00319. The van der Waals surface area contributed by atoms with Crippen molar-refractivity contribution >= 4 is 33.8 Å². The molecule has 0 unspecified atom stereocenters. The van der Waals surface area contributed by atoms with E-state index in [0.29, 0.717) is 0 Å². The third-order valence-electron chi connectivity index (χ3n) is 4.43. The third kappa shape index (κ3) is 5.88. The van der Waals surface area contributed by atoms with Gasteiger partial charge in [-0.05, 0) is 23.8 Å². The number of hydrogen-bond acceptors (Lipinski definition) is 4. The van der Waals surface area contributed by atoms with E-state index in [1.165, 1.54) is 15.8 Å². The quantitative estimate of drug-likeness (QED) is 0.650. The molecule has 0 saturated carbocycles. The molecule has 2 aromatic rings. The molecular weight excluding hydrogens is 418 g/mol. The van der Waals surface area contributed by atoms with Crippen LogP contribution in [0.2, 0.25) is 0 Å². The van der Waals surface area contributed by atoms with Gasteiger partial charge in [-0.1, -0.05) is 30.3 Å². The highest BCUT2D eigenvalue weighted by Gasteiger charge is 2.27. The summed E-state index contributed by atoms with van der Waals surface area (Å²) in [6, 6.07) is 12.3. The standard InChI is InChI=1S/C20H20F2N2O3S2/c21-17-6-7-19(18(22)14-17)28-15-20(25)23-9-11-24(12-10-23)29(26,27)13-8-16-4-2-1-3-5-16/h1-8,13-14H,9-12,15H2/b13-8+. The Bertz CT molecular complexity index is 990. The van der Waals surface area contributed by atoms with Gasteiger partial charge in [-0.3, -0.25) is 4.79 Å². The molecule has 29 heavy (non-hydrogen) atoms. The Balaban J connectivity index is 1.51. The first kappa shape index (κ1) is 21.5. The summed E-state index contributed by atoms with van der Waals surface area (Å²) in [5, 5.41) is 1.17. The Hall–Kier alpha value is -2.23. The van der Waals surface area contributed by atoms with Crippen LogP contribution in [-0.2, 0) is 14.8 Å². The zero-order valence-corrected chi connectivity index (χ0v) is 17.1. The van der Waals surface area contributed by atoms with Crippen molar-refractivity contribution in [3.8, 4) is 0 Å². The molecule has 0 radical (unpaired) electrons. The molecule has 0 bridgehead atoms. The van der Waals surface area contributed by atoms with E-state index in [0.717, 1.165) is 29.5 Å². The molecule has 1 heterocycles. The van der Waals surface area contributed by atoms with Crippen LogP contribution in [0.15, 0.2) is 58.8 Å². The zero-order valence-electron chi connectivity index (χ0n) is 15.5. The Labute approximate surface area is 173 Å². The maximum atomic E-state index is 13.7. The molecule has 2 aromatic carbocycles. The molecule has 1 amide bonds. The molecule has 154 valence electrons. The fourth-order valence-corrected chi connectivity index (χ4v) is 4.83. The van der Waals surface area contributed by atoms with Crippen LogP contribution in [0.4, 0.5) is 8.78 Å². The topological polar surface area (TPSA) is 57.7 Å². The smallest absolute Gasteiger partial charge is 0.236 e. The van der Waals surface area contributed by atoms with Crippen molar-refractivity contribution in [3.05, 3.63) is 71.1 Å². The molecule has 1 aliphatic rings. The number of thioether (sulfide) groups is 1. The fraction of sp³-hybridized carbons (Fsp3) is 0.250. The second-order valence-corrected chi connectivity index (χ2v) is 9.24. The number of rotatable bonds is 6. The second kappa shape index (κ2) is 9.51. The van der Waals surface area contributed by atoms with Crippen molar-refractivity contribution in [1.29, 1.82) is 0 Å². The maximum Gasteiger partial charge on any atom is 0.236 e. The highest BCUT2D eigenvalue weighted by molar-refractivity contribution is 8.00. The number of hydrogen-bond donors (Lipinski definition) is 0. The van der Waals surface area contributed by atoms with Gasteiger partial charge in [-0.2, -0.15) is 4.31 Å². The molecule has 3 rings (SSSR count). The van der Waals surface area contributed by atoms with E-state index in [1.807, 2.05) is 30.3 Å². The van der Waals surface area contributed by atoms with Crippen molar-refractivity contribution in [2.24, 2.45) is 0 Å². The molecular formula is C20H20F2N2O3S2. The van der Waals surface area contributed by atoms with Gasteiger partial charge in [0.2, 0.25) is 15.9 Å². The average molecular weight is 439 g/mol. The van der Waals surface area contributed by atoms with Crippen molar-refractivity contribution in [2.45, 2.75) is 4.90 Å². The van der Waals surface area contributed by atoms with Crippen LogP contribution in [0.5, 0.6) is 0 Å². The summed E-state index contributed by atoms with van der Waals surface area (Å²) in [6.07, 6.45) is 1.54. The fourth-order valence-electron chi connectivity index (χ4n) is 2.83. The van der Waals surface area contributed by atoms with Crippen LogP contribution < -0.4 is 0 Å². The molecule has 0 aliphatic carbocycles. The van der Waals surface area contributed by atoms with Crippen molar-refractivity contribution in [1.82, 2.24) is 9.21 Å². The van der Waals surface area contributed by atoms with Gasteiger partial charge in [-0.15, -0.1) is 11.8 Å². The molecule has 1 aliphatic heterocycles. The first-order valence-electron chi connectivity index (χ1n) is 8.94. The van der Waals surface area contributed by atoms with Gasteiger partial charge >= 0.3 is 0 Å². The lowest BCUT2D eigenvalue weighted by Crippen LogP contribution is -2.50. The first-order valence-corrected chi connectivity index (χ1v) is 11.4. The van der Waals surface area contributed by atoms with E-state index in [4.69, 9.17) is 0 Å². The number of carbonyl (C=O) groups is 1. The zero-order chi connectivity index (χ0) is 20.9. The Kier molecular flexibility index (Phi) is 7.05. The molecule has 5 nitrogen and oxygen atoms in total. The van der Waals surface area contributed by atoms with Crippen molar-refractivity contribution < 1.29 is 22.0 Å². The molecule has 0 atom stereocenters. The van der Waals surface area contributed by atoms with Gasteiger partial charge in [0.05, 0.1) is 5.75 Å². The third-order valence-corrected chi connectivity index (χ3v) is 7.03. The number of sulfonamides is 1. The Morgan fingerprint density at radius 3 is 2.38 bits per heavy atom. The van der Waals surface area contributed by atoms with Crippen molar-refractivity contribution in [3.63, 3.8) is 0 Å². The number of piperazine rings is 1. The lowest BCUT2D eigenvalue weighted by molar-refractivity contribution is -0.129. The van der Waals surface area contributed by atoms with Crippen LogP contribution in [0.3, 0.4) is 0 Å². The van der Waals surface area contributed by atoms with E-state index >= 15 is 0 Å². The summed E-state index contributed by atoms with van der Waals surface area (Å²) < 4.78 is 52.9. The van der Waals surface area contributed by atoms with Gasteiger partial charge in [0.1, 0.15) is 11.6 Å². The largest absolute Gasteiger partial charge is 0.339 e. The van der Waals surface area contributed by atoms with E-state index in [-0.39, 0.29) is 42.7 Å². The maximum absolute atomic E-state index is 13.7. The summed E-state index contributed by atoms with van der Waals surface area (Å²) >= 11 is 0.994. The highest BCUT2D eigenvalue weighted by Crippen LogP contribution is 2.23. The Morgan fingerprint density at radius 2 is 1.72 bits per heavy atom. The van der Waals surface area contributed by atoms with Crippen LogP contribution in [-0.4, -0.2) is 55.5 Å². The average Bonchev–Trinajstić information content (AvgIpc) is 2.72. The first-order chi connectivity index (χ1) is 13.8. The SMILES string of the molecule is O=C(CSc1ccc(F)cc1F)N1CCN(S(=O)(=O)/C=C/c2ccccc2)CC1. The molecule has 1 fully saturated rings. The van der Waals surface area contributed by atoms with Crippen LogP contribution in [0.25, 0.3) is 6.08 Å². The summed E-state index contributed by atoms with van der Waals surface area (Å²) in [5.41, 5.74) is 0.787.